The average Bonchev–Trinajstić information content (AvgIpc) is 2.14. The predicted octanol–water partition coefficient (Wildman–Crippen LogP) is 2.08. The first-order chi connectivity index (χ1) is 7.27. The fourth-order valence-electron chi connectivity index (χ4n) is 1.10. The van der Waals surface area contributed by atoms with E-state index in [1.54, 1.807) is 0 Å². The maximum absolute atomic E-state index is 5.53. The third-order valence-electron chi connectivity index (χ3n) is 2.21. The van der Waals surface area contributed by atoms with Crippen LogP contribution in [0, 0.1) is 0 Å². The number of hydrogen-bond donors (Lipinski definition) is 2. The number of thioether (sulfide) groups is 1. The minimum absolute atomic E-state index is 0.146. The van der Waals surface area contributed by atoms with Gasteiger partial charge in [-0.1, -0.05) is 0 Å². The topological polar surface area (TPSA) is 33.3 Å². The summed E-state index contributed by atoms with van der Waals surface area (Å²) >= 11 is 1.82. The molecule has 0 aliphatic heterocycles. The summed E-state index contributed by atoms with van der Waals surface area (Å²) in [5, 5.41) is 6.82. The van der Waals surface area contributed by atoms with Crippen LogP contribution in [0.15, 0.2) is 0 Å². The fraction of sp³-hybridized carbons (Fsp3) is 1.00. The van der Waals surface area contributed by atoms with E-state index in [1.165, 1.54) is 0 Å². The Kier molecular flexibility index (Phi) is 7.64. The van der Waals surface area contributed by atoms with Crippen molar-refractivity contribution in [3.05, 3.63) is 0 Å². The quantitative estimate of drug-likeness (QED) is 0.509. The molecule has 0 atom stereocenters. The number of hydrogen-bond acceptors (Lipinski definition) is 4. The lowest BCUT2D eigenvalue weighted by Crippen LogP contribution is -2.39. The van der Waals surface area contributed by atoms with Gasteiger partial charge in [0.2, 0.25) is 0 Å². The Bertz CT molecular complexity index is 178. The smallest absolute Gasteiger partial charge is 0.0592 e. The van der Waals surface area contributed by atoms with Gasteiger partial charge in [0, 0.05) is 18.6 Å². The first kappa shape index (κ1) is 16.2. The third-order valence-corrected chi connectivity index (χ3v) is 3.37. The van der Waals surface area contributed by atoms with Crippen molar-refractivity contribution in [3.8, 4) is 0 Å². The van der Waals surface area contributed by atoms with E-state index < -0.39 is 0 Å². The van der Waals surface area contributed by atoms with Gasteiger partial charge in [-0.05, 0) is 40.9 Å². The van der Waals surface area contributed by atoms with Gasteiger partial charge in [0.1, 0.15) is 0 Å². The number of rotatable bonds is 8. The summed E-state index contributed by atoms with van der Waals surface area (Å²) in [5.74, 6) is 0. The maximum Gasteiger partial charge on any atom is 0.0592 e. The van der Waals surface area contributed by atoms with Gasteiger partial charge in [0.25, 0.3) is 0 Å². The van der Waals surface area contributed by atoms with E-state index in [-0.39, 0.29) is 10.4 Å². The minimum Gasteiger partial charge on any atom is -0.379 e. The van der Waals surface area contributed by atoms with Crippen molar-refractivity contribution in [3.63, 3.8) is 0 Å². The molecule has 0 saturated carbocycles. The molecule has 0 aromatic carbocycles. The summed E-state index contributed by atoms with van der Waals surface area (Å²) in [4.78, 5) is 0.146. The Morgan fingerprint density at radius 3 is 1.88 bits per heavy atom. The Morgan fingerprint density at radius 2 is 1.44 bits per heavy atom. The van der Waals surface area contributed by atoms with Crippen molar-refractivity contribution >= 4 is 11.8 Å². The largest absolute Gasteiger partial charge is 0.379 e. The van der Waals surface area contributed by atoms with Crippen LogP contribution >= 0.6 is 11.8 Å². The van der Waals surface area contributed by atoms with Crippen LogP contribution in [-0.2, 0) is 4.74 Å². The lowest BCUT2D eigenvalue weighted by molar-refractivity contribution is 0.130. The van der Waals surface area contributed by atoms with Gasteiger partial charge in [-0.3, -0.25) is 0 Å². The molecule has 16 heavy (non-hydrogen) atoms. The zero-order chi connectivity index (χ0) is 12.7. The summed E-state index contributed by atoms with van der Waals surface area (Å²) in [7, 11) is 0. The molecule has 0 unspecified atom stereocenters. The molecule has 0 bridgehead atoms. The highest BCUT2D eigenvalue weighted by Crippen LogP contribution is 2.16. The van der Waals surface area contributed by atoms with Crippen molar-refractivity contribution in [2.24, 2.45) is 0 Å². The first-order valence-electron chi connectivity index (χ1n) is 5.90. The van der Waals surface area contributed by atoms with Crippen LogP contribution in [0.3, 0.4) is 0 Å². The molecule has 0 rings (SSSR count). The van der Waals surface area contributed by atoms with E-state index in [9.17, 15) is 0 Å². The van der Waals surface area contributed by atoms with Gasteiger partial charge in [-0.25, -0.2) is 0 Å². The Hall–Kier alpha value is 0.230. The van der Waals surface area contributed by atoms with Gasteiger partial charge in [0.05, 0.1) is 18.1 Å². The zero-order valence-corrected chi connectivity index (χ0v) is 12.5. The monoisotopic (exact) mass is 248 g/mol. The molecule has 4 heteroatoms. The van der Waals surface area contributed by atoms with Crippen LogP contribution in [0.25, 0.3) is 0 Å². The van der Waals surface area contributed by atoms with E-state index in [0.717, 1.165) is 26.3 Å². The first-order valence-corrected chi connectivity index (χ1v) is 7.12. The highest BCUT2D eigenvalue weighted by atomic mass is 32.2. The van der Waals surface area contributed by atoms with E-state index in [1.807, 2.05) is 11.8 Å². The molecule has 0 radical (unpaired) electrons. The van der Waals surface area contributed by atoms with Crippen molar-refractivity contribution in [2.75, 3.05) is 32.6 Å². The molecule has 0 aliphatic rings. The van der Waals surface area contributed by atoms with E-state index >= 15 is 0 Å². The normalized spacial score (nSPS) is 13.1. The van der Waals surface area contributed by atoms with Gasteiger partial charge >= 0.3 is 0 Å². The fourth-order valence-corrected chi connectivity index (χ4v) is 1.34. The number of nitrogens with one attached hydrogen (secondary N) is 2. The standard InChI is InChI=1S/C12H28N2OS/c1-11(2,3)13-7-9-15-10-8-14-12(4,5)16-6/h13-14H,7-10H2,1-6H3. The lowest BCUT2D eigenvalue weighted by Gasteiger charge is -2.24. The minimum atomic E-state index is 0.146. The molecular formula is C12H28N2OS. The lowest BCUT2D eigenvalue weighted by atomic mass is 10.1. The third kappa shape index (κ3) is 10.7. The van der Waals surface area contributed by atoms with Crippen LogP contribution in [0.1, 0.15) is 34.6 Å². The van der Waals surface area contributed by atoms with E-state index in [4.69, 9.17) is 4.74 Å². The maximum atomic E-state index is 5.53. The Balaban J connectivity index is 3.29. The zero-order valence-electron chi connectivity index (χ0n) is 11.6. The van der Waals surface area contributed by atoms with Crippen LogP contribution in [0.4, 0.5) is 0 Å². The van der Waals surface area contributed by atoms with Crippen molar-refractivity contribution in [2.45, 2.75) is 45.0 Å². The molecular weight excluding hydrogens is 220 g/mol. The Morgan fingerprint density at radius 1 is 0.938 bits per heavy atom. The van der Waals surface area contributed by atoms with Gasteiger partial charge < -0.3 is 15.4 Å². The molecule has 0 saturated heterocycles. The van der Waals surface area contributed by atoms with E-state index in [2.05, 4.69) is 51.5 Å². The summed E-state index contributed by atoms with van der Waals surface area (Å²) in [6, 6.07) is 0. The highest BCUT2D eigenvalue weighted by Gasteiger charge is 2.13. The number of ether oxygens (including phenoxy) is 1. The predicted molar refractivity (Wildman–Crippen MR) is 74.2 cm³/mol. The SMILES string of the molecule is CSC(C)(C)NCCOCCNC(C)(C)C. The molecule has 0 aromatic rings. The van der Waals surface area contributed by atoms with Crippen molar-refractivity contribution in [1.29, 1.82) is 0 Å². The van der Waals surface area contributed by atoms with Gasteiger partial charge in [-0.15, -0.1) is 11.8 Å². The molecule has 0 aromatic heterocycles. The van der Waals surface area contributed by atoms with Crippen LogP contribution in [0.5, 0.6) is 0 Å². The van der Waals surface area contributed by atoms with Gasteiger partial charge in [-0.2, -0.15) is 0 Å². The molecule has 0 amide bonds. The summed E-state index contributed by atoms with van der Waals surface area (Å²) < 4.78 is 5.53. The van der Waals surface area contributed by atoms with Crippen LogP contribution < -0.4 is 10.6 Å². The van der Waals surface area contributed by atoms with E-state index in [0.29, 0.717) is 0 Å². The molecule has 0 spiro atoms. The summed E-state index contributed by atoms with van der Waals surface area (Å²) in [6.45, 7) is 14.2. The van der Waals surface area contributed by atoms with Crippen LogP contribution in [0.2, 0.25) is 0 Å². The Labute approximate surface area is 105 Å². The second kappa shape index (κ2) is 7.54. The second-order valence-electron chi connectivity index (χ2n) is 5.43. The molecule has 0 aliphatic carbocycles. The molecule has 98 valence electrons. The molecule has 3 nitrogen and oxygen atoms in total. The van der Waals surface area contributed by atoms with Gasteiger partial charge in [0.15, 0.2) is 0 Å². The molecule has 2 N–H and O–H groups in total. The molecule has 0 fully saturated rings. The summed E-state index contributed by atoms with van der Waals surface area (Å²) in [6.07, 6.45) is 2.11. The van der Waals surface area contributed by atoms with Crippen LogP contribution in [-0.4, -0.2) is 43.0 Å². The molecule has 0 heterocycles. The van der Waals surface area contributed by atoms with Crippen molar-refractivity contribution in [1.82, 2.24) is 10.6 Å². The highest BCUT2D eigenvalue weighted by molar-refractivity contribution is 7.99. The second-order valence-corrected chi connectivity index (χ2v) is 6.86. The van der Waals surface area contributed by atoms with Crippen molar-refractivity contribution < 1.29 is 4.74 Å². The average molecular weight is 248 g/mol. The summed E-state index contributed by atoms with van der Waals surface area (Å²) in [5.41, 5.74) is 0.183.